The molecule has 0 amide bonds. The predicted octanol–water partition coefficient (Wildman–Crippen LogP) is -9.66. The predicted molar refractivity (Wildman–Crippen MR) is 134 cm³/mol. The lowest BCUT2D eigenvalue weighted by atomic mass is 9.95. The van der Waals surface area contributed by atoms with Crippen LogP contribution in [-0.2, 0) is 38.0 Å². The molecule has 4 fully saturated rings. The molecular weight excluding hydrogens is 640 g/mol. The van der Waals surface area contributed by atoms with Crippen molar-refractivity contribution >= 4 is 5.97 Å². The third kappa shape index (κ3) is 7.31. The number of aliphatic hydroxyl groups is 13. The lowest BCUT2D eigenvalue weighted by molar-refractivity contribution is -0.386. The van der Waals surface area contributed by atoms with Gasteiger partial charge in [0.05, 0.1) is 19.8 Å². The summed E-state index contributed by atoms with van der Waals surface area (Å²) < 4.78 is 37.2. The van der Waals surface area contributed by atoms with Gasteiger partial charge < -0.3 is 105 Å². The highest BCUT2D eigenvalue weighted by Crippen LogP contribution is 2.34. The van der Waals surface area contributed by atoms with E-state index in [0.29, 0.717) is 0 Å². The number of carboxylic acids is 1. The van der Waals surface area contributed by atoms with E-state index in [-0.39, 0.29) is 0 Å². The Hall–Kier alpha value is -1.33. The van der Waals surface area contributed by atoms with Crippen molar-refractivity contribution in [1.82, 2.24) is 0 Å². The van der Waals surface area contributed by atoms with Crippen molar-refractivity contribution in [3.63, 3.8) is 0 Å². The van der Waals surface area contributed by atoms with Crippen molar-refractivity contribution in [2.45, 2.75) is 123 Å². The largest absolute Gasteiger partial charge is 0.479 e. The zero-order valence-electron chi connectivity index (χ0n) is 23.7. The van der Waals surface area contributed by atoms with Gasteiger partial charge in [0, 0.05) is 0 Å². The van der Waals surface area contributed by atoms with E-state index in [1.165, 1.54) is 0 Å². The van der Waals surface area contributed by atoms with Crippen LogP contribution in [0, 0.1) is 0 Å². The minimum atomic E-state index is -2.09. The summed E-state index contributed by atoms with van der Waals surface area (Å²) in [5, 5.41) is 142. The molecule has 14 N–H and O–H groups in total. The van der Waals surface area contributed by atoms with Gasteiger partial charge in [-0.2, -0.15) is 0 Å². The maximum Gasteiger partial charge on any atom is 0.335 e. The average Bonchev–Trinajstić information content (AvgIpc) is 3.03. The fourth-order valence-electron chi connectivity index (χ4n) is 5.53. The van der Waals surface area contributed by atoms with Crippen molar-refractivity contribution in [2.24, 2.45) is 0 Å². The van der Waals surface area contributed by atoms with Crippen LogP contribution in [0.3, 0.4) is 0 Å². The van der Waals surface area contributed by atoms with Gasteiger partial charge in [0.1, 0.15) is 91.6 Å². The summed E-state index contributed by atoms with van der Waals surface area (Å²) >= 11 is 0. The Balaban J connectivity index is 1.44. The molecule has 268 valence electrons. The Labute approximate surface area is 258 Å². The average molecular weight is 681 g/mol. The molecule has 19 unspecified atom stereocenters. The molecule has 4 aliphatic heterocycles. The molecule has 0 aliphatic carbocycles. The molecule has 0 bridgehead atoms. The molecule has 20 atom stereocenters. The van der Waals surface area contributed by atoms with Crippen LogP contribution in [0.5, 0.6) is 0 Å². The van der Waals surface area contributed by atoms with E-state index in [4.69, 9.17) is 33.2 Å². The molecule has 4 rings (SSSR count). The Morgan fingerprint density at radius 1 is 0.457 bits per heavy atom. The number of aliphatic carboxylic acids is 1. The molecule has 4 saturated heterocycles. The summed E-state index contributed by atoms with van der Waals surface area (Å²) in [7, 11) is 0. The normalized spacial score (nSPS) is 51.9. The van der Waals surface area contributed by atoms with E-state index in [2.05, 4.69) is 0 Å². The highest BCUT2D eigenvalue weighted by atomic mass is 16.8. The first kappa shape index (κ1) is 37.5. The zero-order valence-corrected chi connectivity index (χ0v) is 23.7. The van der Waals surface area contributed by atoms with Crippen LogP contribution in [0.2, 0.25) is 0 Å². The van der Waals surface area contributed by atoms with E-state index < -0.39 is 149 Å². The molecule has 0 aromatic rings. The van der Waals surface area contributed by atoms with Gasteiger partial charge in [0.25, 0.3) is 0 Å². The molecule has 0 radical (unpaired) electrons. The Morgan fingerprint density at radius 3 is 1.20 bits per heavy atom. The highest BCUT2D eigenvalue weighted by Gasteiger charge is 2.55. The monoisotopic (exact) mass is 680 g/mol. The van der Waals surface area contributed by atoms with E-state index >= 15 is 0 Å². The fraction of sp³-hybridized carbons (Fsp3) is 0.958. The van der Waals surface area contributed by atoms with Crippen molar-refractivity contribution in [1.29, 1.82) is 0 Å². The second kappa shape index (κ2) is 15.5. The quantitative estimate of drug-likeness (QED) is 0.102. The number of aliphatic hydroxyl groups excluding tert-OH is 13. The van der Waals surface area contributed by atoms with Gasteiger partial charge in [-0.25, -0.2) is 4.79 Å². The Morgan fingerprint density at radius 2 is 0.804 bits per heavy atom. The molecule has 46 heavy (non-hydrogen) atoms. The summed E-state index contributed by atoms with van der Waals surface area (Å²) in [5.41, 5.74) is 0. The van der Waals surface area contributed by atoms with Crippen LogP contribution in [-0.4, -0.2) is 220 Å². The van der Waals surface area contributed by atoms with Crippen molar-refractivity contribution < 1.29 is 109 Å². The molecule has 0 spiro atoms. The molecule has 0 aromatic heterocycles. The maximum atomic E-state index is 11.4. The summed E-state index contributed by atoms with van der Waals surface area (Å²) in [6, 6.07) is 0. The van der Waals surface area contributed by atoms with E-state index in [1.54, 1.807) is 0 Å². The molecule has 22 heteroatoms. The molecule has 4 heterocycles. The molecule has 4 aliphatic rings. The molecule has 0 saturated carbocycles. The lowest BCUT2D eigenvalue weighted by Crippen LogP contribution is -2.67. The third-order valence-electron chi connectivity index (χ3n) is 8.17. The minimum absolute atomic E-state index is 0.823. The number of carbonyl (C=O) groups is 1. The van der Waals surface area contributed by atoms with Gasteiger partial charge in [-0.1, -0.05) is 0 Å². The smallest absolute Gasteiger partial charge is 0.335 e. The number of carboxylic acid groups (broad SMARTS) is 1. The minimum Gasteiger partial charge on any atom is -0.479 e. The van der Waals surface area contributed by atoms with Crippen LogP contribution in [0.15, 0.2) is 0 Å². The van der Waals surface area contributed by atoms with Gasteiger partial charge in [-0.05, 0) is 0 Å². The molecular formula is C24H40O22. The number of hydrogen-bond donors (Lipinski definition) is 14. The van der Waals surface area contributed by atoms with Gasteiger partial charge in [0.15, 0.2) is 31.3 Å². The maximum absolute atomic E-state index is 11.4. The van der Waals surface area contributed by atoms with Crippen LogP contribution in [0.25, 0.3) is 0 Å². The van der Waals surface area contributed by atoms with Gasteiger partial charge in [0.2, 0.25) is 0 Å². The van der Waals surface area contributed by atoms with Crippen LogP contribution < -0.4 is 0 Å². The van der Waals surface area contributed by atoms with E-state index in [1.807, 2.05) is 0 Å². The molecule has 22 nitrogen and oxygen atoms in total. The summed E-state index contributed by atoms with van der Waals surface area (Å²) in [4.78, 5) is 11.4. The second-order valence-electron chi connectivity index (χ2n) is 11.2. The SMILES string of the molecule is O=C(O)C1OC(OC2C(CO)OC(OC3C(CO)O[C@H](OC4C(CO)OC(O)C(O)C4O)C(O)C3O)C(O)C2O)C(O)C(O)C1O. The van der Waals surface area contributed by atoms with Gasteiger partial charge >= 0.3 is 5.97 Å². The lowest BCUT2D eigenvalue weighted by Gasteiger charge is -2.48. The van der Waals surface area contributed by atoms with Crippen molar-refractivity contribution in [2.75, 3.05) is 19.8 Å². The number of ether oxygens (including phenoxy) is 7. The number of rotatable bonds is 10. The second-order valence-corrected chi connectivity index (χ2v) is 11.2. The van der Waals surface area contributed by atoms with Gasteiger partial charge in [-0.15, -0.1) is 0 Å². The standard InChI is InChI=1S/C24H40O22/c25-1-4-16(9(30)12(33)21(39)40-4)43-22-14(35)10(31)17(5(2-26)41-22)44-23-15(36)11(32)18(6(3-27)42-23)45-24-13(34)7(28)8(29)19(46-24)20(37)38/h4-19,21-36,39H,1-3H2,(H,37,38)/t4?,5?,6?,7?,8?,9?,10?,11?,12?,13?,14?,15?,16?,17?,18?,19?,21?,22-,23?,24?/m1/s1. The summed E-state index contributed by atoms with van der Waals surface area (Å²) in [6.07, 6.45) is -37.7. The first-order valence-corrected chi connectivity index (χ1v) is 14.1. The Kier molecular flexibility index (Phi) is 12.6. The third-order valence-corrected chi connectivity index (χ3v) is 8.17. The first-order chi connectivity index (χ1) is 21.7. The van der Waals surface area contributed by atoms with Gasteiger partial charge in [-0.3, -0.25) is 0 Å². The van der Waals surface area contributed by atoms with Crippen LogP contribution in [0.4, 0.5) is 0 Å². The van der Waals surface area contributed by atoms with E-state index in [0.717, 1.165) is 0 Å². The van der Waals surface area contributed by atoms with Crippen LogP contribution >= 0.6 is 0 Å². The van der Waals surface area contributed by atoms with Crippen molar-refractivity contribution in [3.05, 3.63) is 0 Å². The first-order valence-electron chi connectivity index (χ1n) is 14.1. The topological polar surface area (TPSA) is 365 Å². The van der Waals surface area contributed by atoms with Crippen LogP contribution in [0.1, 0.15) is 0 Å². The zero-order chi connectivity index (χ0) is 34.2. The van der Waals surface area contributed by atoms with Crippen molar-refractivity contribution in [3.8, 4) is 0 Å². The summed E-state index contributed by atoms with van der Waals surface area (Å²) in [6.45, 7) is -2.72. The number of hydrogen-bond acceptors (Lipinski definition) is 21. The molecule has 0 aromatic carbocycles. The summed E-state index contributed by atoms with van der Waals surface area (Å²) in [5.74, 6) is -1.73. The fourth-order valence-corrected chi connectivity index (χ4v) is 5.53. The highest BCUT2D eigenvalue weighted by molar-refractivity contribution is 5.73. The van der Waals surface area contributed by atoms with E-state index in [9.17, 15) is 76.3 Å². The Bertz CT molecular complexity index is 986.